The zero-order valence-electron chi connectivity index (χ0n) is 13.3. The van der Waals surface area contributed by atoms with Crippen molar-refractivity contribution in [2.24, 2.45) is 0 Å². The summed E-state index contributed by atoms with van der Waals surface area (Å²) in [5.41, 5.74) is 0.547. The summed E-state index contributed by atoms with van der Waals surface area (Å²) in [5.74, 6) is 0.611. The third kappa shape index (κ3) is 6.54. The number of hydrogen-bond donors (Lipinski definition) is 2. The maximum atomic E-state index is 9.60. The topological polar surface area (TPSA) is 71.5 Å². The molecule has 1 fully saturated rings. The Labute approximate surface area is 130 Å². The van der Waals surface area contributed by atoms with Crippen LogP contribution >= 0.6 is 11.3 Å². The number of aryl methyl sites for hydroxylation is 1. The summed E-state index contributed by atoms with van der Waals surface area (Å²) in [6.07, 6.45) is 2.36. The van der Waals surface area contributed by atoms with Crippen molar-refractivity contribution in [1.82, 2.24) is 10.3 Å². The number of thiazole rings is 1. The Balaban J connectivity index is 0.000000270. The first-order valence-electron chi connectivity index (χ1n) is 7.26. The number of carbonyl (C=O) groups is 1. The molecule has 0 aliphatic carbocycles. The van der Waals surface area contributed by atoms with Gasteiger partial charge < -0.3 is 15.2 Å². The number of nitrogens with zero attached hydrogens (tertiary/aromatic N) is 1. The van der Waals surface area contributed by atoms with Crippen LogP contribution in [0.15, 0.2) is 0 Å². The number of carbonyl (C=O) groups excluding carboxylic acids is 1. The Morgan fingerprint density at radius 1 is 1.43 bits per heavy atom. The van der Waals surface area contributed by atoms with E-state index in [0.29, 0.717) is 12.4 Å². The number of nitrogens with one attached hydrogen (secondary N) is 1. The molecule has 120 valence electrons. The molecule has 2 rings (SSSR count). The zero-order chi connectivity index (χ0) is 15.9. The number of rotatable bonds is 3. The van der Waals surface area contributed by atoms with Crippen LogP contribution in [0.2, 0.25) is 0 Å². The van der Waals surface area contributed by atoms with Crippen molar-refractivity contribution in [3.05, 3.63) is 15.6 Å². The maximum absolute atomic E-state index is 9.60. The van der Waals surface area contributed by atoms with Crippen LogP contribution in [-0.2, 0) is 16.1 Å². The fourth-order valence-corrected chi connectivity index (χ4v) is 3.08. The van der Waals surface area contributed by atoms with Gasteiger partial charge in [0.1, 0.15) is 5.60 Å². The molecule has 1 aromatic heterocycles. The molecule has 0 spiro atoms. The normalized spacial score (nSPS) is 16.0. The molecule has 2 N–H and O–H groups in total. The zero-order valence-corrected chi connectivity index (χ0v) is 14.1. The van der Waals surface area contributed by atoms with Crippen LogP contribution < -0.4 is 5.32 Å². The van der Waals surface area contributed by atoms with Crippen LogP contribution in [0.4, 0.5) is 0 Å². The van der Waals surface area contributed by atoms with Crippen LogP contribution in [-0.4, -0.2) is 35.3 Å². The highest BCUT2D eigenvalue weighted by molar-refractivity contribution is 7.11. The van der Waals surface area contributed by atoms with E-state index in [-0.39, 0.29) is 12.2 Å². The first-order chi connectivity index (χ1) is 9.87. The van der Waals surface area contributed by atoms with Gasteiger partial charge in [-0.15, -0.1) is 11.3 Å². The average molecular weight is 314 g/mol. The summed E-state index contributed by atoms with van der Waals surface area (Å²) < 4.78 is 4.55. The minimum atomic E-state index is -0.318. The lowest BCUT2D eigenvalue weighted by atomic mass is 9.99. The standard InChI is InChI=1S/C10H16N2OS.C5H10O2/c1-7-9(6-13)12-10(14-7)8-2-4-11-5-3-8;1-5(2,3)7-4-6/h8,11,13H,2-6H2,1H3;4H,1-3H3. The maximum Gasteiger partial charge on any atom is 0.293 e. The number of aliphatic hydroxyl groups is 1. The molecule has 0 amide bonds. The van der Waals surface area contributed by atoms with E-state index in [0.717, 1.165) is 18.8 Å². The van der Waals surface area contributed by atoms with Gasteiger partial charge in [-0.3, -0.25) is 4.79 Å². The molecule has 21 heavy (non-hydrogen) atoms. The second-order valence-corrected chi connectivity index (χ2v) is 7.30. The largest absolute Gasteiger partial charge is 0.462 e. The number of hydrogen-bond acceptors (Lipinski definition) is 6. The average Bonchev–Trinajstić information content (AvgIpc) is 2.80. The Morgan fingerprint density at radius 2 is 2.05 bits per heavy atom. The molecule has 2 heterocycles. The lowest BCUT2D eigenvalue weighted by Crippen LogP contribution is -2.26. The fraction of sp³-hybridized carbons (Fsp3) is 0.733. The number of aromatic nitrogens is 1. The highest BCUT2D eigenvalue weighted by atomic mass is 32.1. The number of ether oxygens (including phenoxy) is 1. The van der Waals surface area contributed by atoms with Gasteiger partial charge in [0.2, 0.25) is 0 Å². The van der Waals surface area contributed by atoms with Gasteiger partial charge in [0.15, 0.2) is 0 Å². The van der Waals surface area contributed by atoms with Crippen molar-refractivity contribution in [2.45, 2.75) is 58.7 Å². The smallest absolute Gasteiger partial charge is 0.293 e. The highest BCUT2D eigenvalue weighted by Crippen LogP contribution is 2.30. The lowest BCUT2D eigenvalue weighted by Gasteiger charge is -2.20. The van der Waals surface area contributed by atoms with Crippen molar-refractivity contribution in [1.29, 1.82) is 0 Å². The van der Waals surface area contributed by atoms with E-state index < -0.39 is 0 Å². The van der Waals surface area contributed by atoms with Crippen LogP contribution in [0.25, 0.3) is 0 Å². The van der Waals surface area contributed by atoms with E-state index in [9.17, 15) is 4.79 Å². The van der Waals surface area contributed by atoms with E-state index in [1.807, 2.05) is 27.7 Å². The predicted molar refractivity (Wildman–Crippen MR) is 84.5 cm³/mol. The van der Waals surface area contributed by atoms with E-state index >= 15 is 0 Å². The summed E-state index contributed by atoms with van der Waals surface area (Å²) in [4.78, 5) is 15.3. The quantitative estimate of drug-likeness (QED) is 0.838. The SMILES string of the molecule is CC(C)(C)OC=O.Cc1sc(C2CCNCC2)nc1CO. The molecule has 0 saturated carbocycles. The molecule has 1 saturated heterocycles. The van der Waals surface area contributed by atoms with Gasteiger partial charge in [-0.25, -0.2) is 4.98 Å². The predicted octanol–water partition coefficient (Wildman–Crippen LogP) is 2.37. The van der Waals surface area contributed by atoms with Crippen molar-refractivity contribution in [3.8, 4) is 0 Å². The summed E-state index contributed by atoms with van der Waals surface area (Å²) in [7, 11) is 0. The van der Waals surface area contributed by atoms with Crippen molar-refractivity contribution in [2.75, 3.05) is 13.1 Å². The third-order valence-corrected chi connectivity index (χ3v) is 4.32. The summed E-state index contributed by atoms with van der Waals surface area (Å²) in [6.45, 7) is 10.2. The second kappa shape index (κ2) is 8.46. The summed E-state index contributed by atoms with van der Waals surface area (Å²) >= 11 is 1.75. The van der Waals surface area contributed by atoms with E-state index in [4.69, 9.17) is 5.11 Å². The molecule has 6 heteroatoms. The van der Waals surface area contributed by atoms with E-state index in [2.05, 4.69) is 15.0 Å². The molecule has 0 bridgehead atoms. The molecule has 1 aliphatic rings. The number of aliphatic hydroxyl groups excluding tert-OH is 1. The Bertz CT molecular complexity index is 435. The molecule has 0 radical (unpaired) electrons. The van der Waals surface area contributed by atoms with Crippen LogP contribution in [0.3, 0.4) is 0 Å². The first kappa shape index (κ1) is 18.1. The molecular formula is C15H26N2O3S. The summed E-state index contributed by atoms with van der Waals surface area (Å²) in [5, 5.41) is 13.6. The Kier molecular flexibility index (Phi) is 7.28. The van der Waals surface area contributed by atoms with Crippen molar-refractivity contribution < 1.29 is 14.6 Å². The van der Waals surface area contributed by atoms with Crippen LogP contribution in [0, 0.1) is 6.92 Å². The molecular weight excluding hydrogens is 288 g/mol. The monoisotopic (exact) mass is 314 g/mol. The van der Waals surface area contributed by atoms with E-state index in [1.54, 1.807) is 11.3 Å². The first-order valence-corrected chi connectivity index (χ1v) is 8.08. The van der Waals surface area contributed by atoms with Gasteiger partial charge in [0, 0.05) is 10.8 Å². The van der Waals surface area contributed by atoms with Gasteiger partial charge in [-0.05, 0) is 53.6 Å². The second-order valence-electron chi connectivity index (χ2n) is 6.06. The van der Waals surface area contributed by atoms with Crippen molar-refractivity contribution in [3.63, 3.8) is 0 Å². The minimum Gasteiger partial charge on any atom is -0.462 e. The minimum absolute atomic E-state index is 0.0767. The van der Waals surface area contributed by atoms with Gasteiger partial charge in [0.05, 0.1) is 17.3 Å². The van der Waals surface area contributed by atoms with Crippen LogP contribution in [0.5, 0.6) is 0 Å². The lowest BCUT2D eigenvalue weighted by molar-refractivity contribution is -0.138. The molecule has 5 nitrogen and oxygen atoms in total. The Morgan fingerprint density at radius 3 is 2.43 bits per heavy atom. The molecule has 0 aromatic carbocycles. The Hall–Kier alpha value is -0.980. The van der Waals surface area contributed by atoms with Gasteiger partial charge in [-0.2, -0.15) is 0 Å². The third-order valence-electron chi connectivity index (χ3n) is 3.15. The molecule has 0 unspecified atom stereocenters. The number of piperidine rings is 1. The molecule has 1 aliphatic heterocycles. The van der Waals surface area contributed by atoms with Gasteiger partial charge in [0.25, 0.3) is 6.47 Å². The van der Waals surface area contributed by atoms with Crippen molar-refractivity contribution >= 4 is 17.8 Å². The molecule has 1 aromatic rings. The van der Waals surface area contributed by atoms with E-state index in [1.165, 1.54) is 22.7 Å². The molecule has 0 atom stereocenters. The van der Waals surface area contributed by atoms with Crippen LogP contribution in [0.1, 0.15) is 55.1 Å². The fourth-order valence-electron chi connectivity index (χ4n) is 1.98. The highest BCUT2D eigenvalue weighted by Gasteiger charge is 2.19. The van der Waals surface area contributed by atoms with Gasteiger partial charge >= 0.3 is 0 Å². The van der Waals surface area contributed by atoms with Gasteiger partial charge in [-0.1, -0.05) is 0 Å². The summed E-state index contributed by atoms with van der Waals surface area (Å²) in [6, 6.07) is 0.